The Kier molecular flexibility index (Phi) is 3.63. The average Bonchev–Trinajstić information content (AvgIpc) is 2.85. The van der Waals surface area contributed by atoms with Crippen LogP contribution in [-0.4, -0.2) is 7.11 Å². The van der Waals surface area contributed by atoms with Crippen molar-refractivity contribution in [2.45, 2.75) is 6.61 Å². The smallest absolute Gasteiger partial charge is 0.176 e. The van der Waals surface area contributed by atoms with Crippen LogP contribution in [0.1, 0.15) is 5.76 Å². The summed E-state index contributed by atoms with van der Waals surface area (Å²) in [6, 6.07) is 15.0. The molecule has 3 aromatic rings. The molecule has 0 aliphatic heterocycles. The third-order valence-corrected chi connectivity index (χ3v) is 3.21. The van der Waals surface area contributed by atoms with Crippen molar-refractivity contribution in [3.05, 3.63) is 59.3 Å². The number of hydrogen-bond acceptors (Lipinski definition) is 3. The van der Waals surface area contributed by atoms with Crippen molar-refractivity contribution in [3.8, 4) is 11.5 Å². The van der Waals surface area contributed by atoms with Crippen LogP contribution in [0.15, 0.2) is 52.9 Å². The van der Waals surface area contributed by atoms with E-state index in [2.05, 4.69) is 0 Å². The molecule has 0 saturated carbocycles. The summed E-state index contributed by atoms with van der Waals surface area (Å²) in [5, 5.41) is 1.54. The molecule has 1 heterocycles. The normalized spacial score (nSPS) is 10.9. The minimum absolute atomic E-state index is 0.431. The fourth-order valence-corrected chi connectivity index (χ4v) is 2.20. The van der Waals surface area contributed by atoms with Gasteiger partial charge in [-0.1, -0.05) is 35.9 Å². The molecule has 0 unspecified atom stereocenters. The van der Waals surface area contributed by atoms with E-state index in [1.807, 2.05) is 42.5 Å². The van der Waals surface area contributed by atoms with Crippen molar-refractivity contribution in [1.82, 2.24) is 0 Å². The van der Waals surface area contributed by atoms with Gasteiger partial charge in [-0.25, -0.2) is 0 Å². The van der Waals surface area contributed by atoms with E-state index < -0.39 is 0 Å². The van der Waals surface area contributed by atoms with Crippen molar-refractivity contribution >= 4 is 22.6 Å². The molecule has 3 rings (SSSR count). The van der Waals surface area contributed by atoms with Gasteiger partial charge in [0.2, 0.25) is 0 Å². The van der Waals surface area contributed by atoms with Gasteiger partial charge < -0.3 is 13.9 Å². The van der Waals surface area contributed by atoms with Crippen LogP contribution in [0.2, 0.25) is 5.02 Å². The fraction of sp³-hybridized carbons (Fsp3) is 0.125. The highest BCUT2D eigenvalue weighted by Crippen LogP contribution is 2.34. The molecule has 2 aromatic carbocycles. The zero-order chi connectivity index (χ0) is 13.9. The zero-order valence-corrected chi connectivity index (χ0v) is 11.7. The second-order valence-corrected chi connectivity index (χ2v) is 4.76. The number of furan rings is 1. The third-order valence-electron chi connectivity index (χ3n) is 2.90. The van der Waals surface area contributed by atoms with Gasteiger partial charge in [-0.05, 0) is 24.3 Å². The first-order valence-electron chi connectivity index (χ1n) is 6.20. The second kappa shape index (κ2) is 5.57. The molecule has 4 heteroatoms. The number of para-hydroxylation sites is 2. The summed E-state index contributed by atoms with van der Waals surface area (Å²) in [6.45, 7) is 0.431. The van der Waals surface area contributed by atoms with E-state index in [9.17, 15) is 0 Å². The van der Waals surface area contributed by atoms with Crippen LogP contribution in [0.4, 0.5) is 0 Å². The topological polar surface area (TPSA) is 31.6 Å². The minimum atomic E-state index is 0.431. The van der Waals surface area contributed by atoms with E-state index in [1.165, 1.54) is 0 Å². The Morgan fingerprint density at radius 1 is 1.05 bits per heavy atom. The van der Waals surface area contributed by atoms with Crippen LogP contribution >= 0.6 is 11.6 Å². The van der Waals surface area contributed by atoms with Crippen LogP contribution in [0.25, 0.3) is 11.0 Å². The van der Waals surface area contributed by atoms with Gasteiger partial charge in [-0.15, -0.1) is 0 Å². The molecule has 3 nitrogen and oxygen atoms in total. The Balaban J connectivity index is 2.01. The average molecular weight is 289 g/mol. The van der Waals surface area contributed by atoms with E-state index in [4.69, 9.17) is 25.5 Å². The van der Waals surface area contributed by atoms with Gasteiger partial charge in [-0.2, -0.15) is 0 Å². The quantitative estimate of drug-likeness (QED) is 0.675. The Morgan fingerprint density at radius 2 is 1.85 bits per heavy atom. The number of halogens is 1. The molecule has 0 fully saturated rings. The number of fused-ring (bicyclic) bond motifs is 1. The summed E-state index contributed by atoms with van der Waals surface area (Å²) in [5.74, 6) is 2.00. The van der Waals surface area contributed by atoms with Gasteiger partial charge in [0.1, 0.15) is 18.1 Å². The molecule has 0 N–H and O–H groups in total. The summed E-state index contributed by atoms with van der Waals surface area (Å²) in [6.07, 6.45) is 0. The van der Waals surface area contributed by atoms with Gasteiger partial charge in [0.25, 0.3) is 0 Å². The monoisotopic (exact) mass is 288 g/mol. The van der Waals surface area contributed by atoms with Crippen molar-refractivity contribution in [2.75, 3.05) is 7.11 Å². The standard InChI is InChI=1S/C16H13ClO3/c1-18-10-12-9-11-5-4-8-15(16(11)19-12)20-14-7-3-2-6-13(14)17/h2-9H,10H2,1H3. The summed E-state index contributed by atoms with van der Waals surface area (Å²) >= 11 is 6.10. The molecule has 0 atom stereocenters. The van der Waals surface area contributed by atoms with Crippen LogP contribution in [0.3, 0.4) is 0 Å². The predicted molar refractivity (Wildman–Crippen MR) is 78.5 cm³/mol. The SMILES string of the molecule is COCc1cc2cccc(Oc3ccccc3Cl)c2o1. The molecule has 1 aromatic heterocycles. The van der Waals surface area contributed by atoms with Crippen LogP contribution in [0, 0.1) is 0 Å². The number of methoxy groups -OCH3 is 1. The number of benzene rings is 2. The van der Waals surface area contributed by atoms with Crippen LogP contribution < -0.4 is 4.74 Å². The Bertz CT molecular complexity index is 733. The van der Waals surface area contributed by atoms with Gasteiger partial charge >= 0.3 is 0 Å². The summed E-state index contributed by atoms with van der Waals surface area (Å²) in [5.41, 5.74) is 0.694. The van der Waals surface area contributed by atoms with Crippen molar-refractivity contribution < 1.29 is 13.9 Å². The highest BCUT2D eigenvalue weighted by atomic mass is 35.5. The number of hydrogen-bond donors (Lipinski definition) is 0. The van der Waals surface area contributed by atoms with E-state index in [0.29, 0.717) is 28.7 Å². The first-order valence-corrected chi connectivity index (χ1v) is 6.58. The van der Waals surface area contributed by atoms with Crippen LogP contribution in [0.5, 0.6) is 11.5 Å². The second-order valence-electron chi connectivity index (χ2n) is 4.35. The highest BCUT2D eigenvalue weighted by molar-refractivity contribution is 6.32. The van der Waals surface area contributed by atoms with Gasteiger partial charge in [-0.3, -0.25) is 0 Å². The molecule has 0 bridgehead atoms. The number of ether oxygens (including phenoxy) is 2. The van der Waals surface area contributed by atoms with E-state index >= 15 is 0 Å². The summed E-state index contributed by atoms with van der Waals surface area (Å²) < 4.78 is 16.7. The third kappa shape index (κ3) is 2.50. The molecule has 20 heavy (non-hydrogen) atoms. The Labute approximate surface area is 121 Å². The first-order chi connectivity index (χ1) is 9.78. The molecule has 0 amide bonds. The van der Waals surface area contributed by atoms with Crippen LogP contribution in [-0.2, 0) is 11.3 Å². The molecule has 0 saturated heterocycles. The molecule has 0 aliphatic rings. The lowest BCUT2D eigenvalue weighted by Gasteiger charge is -2.07. The predicted octanol–water partition coefficient (Wildman–Crippen LogP) is 5.02. The minimum Gasteiger partial charge on any atom is -0.455 e. The molecular weight excluding hydrogens is 276 g/mol. The van der Waals surface area contributed by atoms with Crippen molar-refractivity contribution in [2.24, 2.45) is 0 Å². The lowest BCUT2D eigenvalue weighted by Crippen LogP contribution is -1.85. The lowest BCUT2D eigenvalue weighted by atomic mass is 10.2. The lowest BCUT2D eigenvalue weighted by molar-refractivity contribution is 0.166. The summed E-state index contributed by atoms with van der Waals surface area (Å²) in [7, 11) is 1.63. The molecule has 0 spiro atoms. The molecular formula is C16H13ClO3. The van der Waals surface area contributed by atoms with E-state index in [1.54, 1.807) is 13.2 Å². The largest absolute Gasteiger partial charge is 0.455 e. The first kappa shape index (κ1) is 13.0. The maximum Gasteiger partial charge on any atom is 0.176 e. The fourth-order valence-electron chi connectivity index (χ4n) is 2.03. The molecule has 0 aliphatic carbocycles. The highest BCUT2D eigenvalue weighted by Gasteiger charge is 2.11. The summed E-state index contributed by atoms with van der Waals surface area (Å²) in [4.78, 5) is 0. The van der Waals surface area contributed by atoms with E-state index in [-0.39, 0.29) is 0 Å². The molecule has 102 valence electrons. The maximum atomic E-state index is 6.10. The van der Waals surface area contributed by atoms with E-state index in [0.717, 1.165) is 11.1 Å². The Hall–Kier alpha value is -1.97. The van der Waals surface area contributed by atoms with Crippen molar-refractivity contribution in [1.29, 1.82) is 0 Å². The van der Waals surface area contributed by atoms with Gasteiger partial charge in [0.15, 0.2) is 11.3 Å². The van der Waals surface area contributed by atoms with Gasteiger partial charge in [0.05, 0.1) is 5.02 Å². The Morgan fingerprint density at radius 3 is 2.65 bits per heavy atom. The maximum absolute atomic E-state index is 6.10. The van der Waals surface area contributed by atoms with Gasteiger partial charge in [0, 0.05) is 12.5 Å². The number of rotatable bonds is 4. The molecule has 0 radical (unpaired) electrons. The van der Waals surface area contributed by atoms with Crippen molar-refractivity contribution in [3.63, 3.8) is 0 Å². The zero-order valence-electron chi connectivity index (χ0n) is 10.9.